The fraction of sp³-hybridized carbons (Fsp3) is 0.333. The number of hydrogen-bond acceptors (Lipinski definition) is 2. The van der Waals surface area contributed by atoms with Crippen LogP contribution in [0.2, 0.25) is 0 Å². The van der Waals surface area contributed by atoms with Gasteiger partial charge in [0.15, 0.2) is 5.78 Å². The molecule has 0 aliphatic rings. The second-order valence-electron chi connectivity index (χ2n) is 4.75. The number of rotatable bonds is 4. The van der Waals surface area contributed by atoms with Gasteiger partial charge in [-0.2, -0.15) is 5.10 Å². The first-order valence-corrected chi connectivity index (χ1v) is 8.03. The summed E-state index contributed by atoms with van der Waals surface area (Å²) in [4.78, 5) is 12.5. The molecule has 0 spiro atoms. The quantitative estimate of drug-likeness (QED) is 0.710. The van der Waals surface area contributed by atoms with Crippen molar-refractivity contribution in [3.05, 3.63) is 49.7 Å². The Kier molecular flexibility index (Phi) is 4.81. The standard InChI is InChI=1S/C15H16Br2N2O/c1-4-19-13(15(17)10(3)18-19)8-14(20)11-7-9(2)5-6-12(11)16/h5-7H,4,8H2,1-3H3. The van der Waals surface area contributed by atoms with Gasteiger partial charge in [0.25, 0.3) is 0 Å². The van der Waals surface area contributed by atoms with Gasteiger partial charge in [-0.25, -0.2) is 0 Å². The maximum absolute atomic E-state index is 12.5. The van der Waals surface area contributed by atoms with Crippen LogP contribution in [0.1, 0.15) is 34.2 Å². The molecule has 0 radical (unpaired) electrons. The first-order valence-electron chi connectivity index (χ1n) is 6.45. The van der Waals surface area contributed by atoms with Crippen molar-refractivity contribution in [3.63, 3.8) is 0 Å². The minimum absolute atomic E-state index is 0.0934. The monoisotopic (exact) mass is 398 g/mol. The summed E-state index contributed by atoms with van der Waals surface area (Å²) in [7, 11) is 0. The number of aromatic nitrogens is 2. The Morgan fingerprint density at radius 2 is 2.00 bits per heavy atom. The molecule has 2 rings (SSSR count). The molecule has 0 saturated carbocycles. The van der Waals surface area contributed by atoms with E-state index in [0.29, 0.717) is 6.42 Å². The topological polar surface area (TPSA) is 34.9 Å². The van der Waals surface area contributed by atoms with E-state index in [2.05, 4.69) is 37.0 Å². The van der Waals surface area contributed by atoms with Crippen molar-refractivity contribution in [1.82, 2.24) is 9.78 Å². The molecule has 106 valence electrons. The van der Waals surface area contributed by atoms with Crippen LogP contribution < -0.4 is 0 Å². The van der Waals surface area contributed by atoms with E-state index in [1.165, 1.54) is 0 Å². The molecule has 3 nitrogen and oxygen atoms in total. The summed E-state index contributed by atoms with van der Waals surface area (Å²) in [6.45, 7) is 6.70. The van der Waals surface area contributed by atoms with Gasteiger partial charge in [0.1, 0.15) is 0 Å². The zero-order chi connectivity index (χ0) is 14.9. The first-order chi connectivity index (χ1) is 9.43. The molecule has 1 aromatic heterocycles. The summed E-state index contributed by atoms with van der Waals surface area (Å²) < 4.78 is 3.64. The van der Waals surface area contributed by atoms with Crippen molar-refractivity contribution in [3.8, 4) is 0 Å². The molecule has 0 unspecified atom stereocenters. The van der Waals surface area contributed by atoms with E-state index in [0.717, 1.165) is 38.0 Å². The van der Waals surface area contributed by atoms with Crippen molar-refractivity contribution >= 4 is 37.6 Å². The Labute approximate surface area is 135 Å². The lowest BCUT2D eigenvalue weighted by molar-refractivity contribution is 0.0989. The normalized spacial score (nSPS) is 10.8. The van der Waals surface area contributed by atoms with Crippen LogP contribution in [0, 0.1) is 13.8 Å². The Balaban J connectivity index is 2.35. The molecular formula is C15H16Br2N2O. The van der Waals surface area contributed by atoms with Crippen LogP contribution in [-0.2, 0) is 13.0 Å². The van der Waals surface area contributed by atoms with Gasteiger partial charge in [-0.15, -0.1) is 0 Å². The van der Waals surface area contributed by atoms with E-state index < -0.39 is 0 Å². The largest absolute Gasteiger partial charge is 0.294 e. The summed E-state index contributed by atoms with van der Waals surface area (Å²) in [6.07, 6.45) is 0.345. The number of aryl methyl sites for hydroxylation is 3. The number of Topliss-reactive ketones (excluding diaryl/α,β-unsaturated/α-hetero) is 1. The third-order valence-corrected chi connectivity index (χ3v) is 4.93. The van der Waals surface area contributed by atoms with Crippen molar-refractivity contribution in [2.75, 3.05) is 0 Å². The molecule has 0 N–H and O–H groups in total. The molecule has 2 aromatic rings. The molecule has 1 aromatic carbocycles. The van der Waals surface area contributed by atoms with Crippen molar-refractivity contribution < 1.29 is 4.79 Å². The van der Waals surface area contributed by atoms with E-state index in [1.807, 2.05) is 43.7 Å². The molecule has 5 heteroatoms. The minimum atomic E-state index is 0.0934. The predicted octanol–water partition coefficient (Wildman–Crippen LogP) is 4.47. The van der Waals surface area contributed by atoms with E-state index in [4.69, 9.17) is 0 Å². The number of ketones is 1. The third kappa shape index (κ3) is 3.04. The van der Waals surface area contributed by atoms with Gasteiger partial charge in [-0.1, -0.05) is 27.6 Å². The summed E-state index contributed by atoms with van der Waals surface area (Å²) >= 11 is 6.98. The van der Waals surface area contributed by atoms with Gasteiger partial charge < -0.3 is 0 Å². The molecule has 0 saturated heterocycles. The van der Waals surface area contributed by atoms with Gasteiger partial charge in [-0.05, 0) is 48.8 Å². The van der Waals surface area contributed by atoms with Crippen LogP contribution in [0.15, 0.2) is 27.1 Å². The van der Waals surface area contributed by atoms with Crippen LogP contribution in [0.4, 0.5) is 0 Å². The smallest absolute Gasteiger partial charge is 0.169 e. The van der Waals surface area contributed by atoms with Gasteiger partial charge in [-0.3, -0.25) is 9.48 Å². The molecule has 0 fully saturated rings. The van der Waals surface area contributed by atoms with Gasteiger partial charge in [0.05, 0.1) is 22.3 Å². The SMILES string of the molecule is CCn1nc(C)c(Br)c1CC(=O)c1cc(C)ccc1Br. The molecule has 0 amide bonds. The molecule has 20 heavy (non-hydrogen) atoms. The van der Waals surface area contributed by atoms with Crippen molar-refractivity contribution in [1.29, 1.82) is 0 Å². The van der Waals surface area contributed by atoms with Crippen LogP contribution >= 0.6 is 31.9 Å². The highest BCUT2D eigenvalue weighted by atomic mass is 79.9. The fourth-order valence-electron chi connectivity index (χ4n) is 2.14. The van der Waals surface area contributed by atoms with Crippen molar-refractivity contribution in [2.24, 2.45) is 0 Å². The molecular weight excluding hydrogens is 384 g/mol. The number of nitrogens with zero attached hydrogens (tertiary/aromatic N) is 2. The number of carbonyl (C=O) groups excluding carboxylic acids is 1. The zero-order valence-electron chi connectivity index (χ0n) is 11.7. The highest BCUT2D eigenvalue weighted by Crippen LogP contribution is 2.25. The maximum Gasteiger partial charge on any atom is 0.169 e. The van der Waals surface area contributed by atoms with Crippen molar-refractivity contribution in [2.45, 2.75) is 33.7 Å². The van der Waals surface area contributed by atoms with Crippen LogP contribution in [0.25, 0.3) is 0 Å². The Bertz CT molecular complexity index is 662. The summed E-state index contributed by atoms with van der Waals surface area (Å²) in [6, 6.07) is 5.82. The number of halogens is 2. The second kappa shape index (κ2) is 6.22. The molecule has 0 aliphatic carbocycles. The third-order valence-electron chi connectivity index (χ3n) is 3.20. The number of carbonyl (C=O) groups is 1. The van der Waals surface area contributed by atoms with Crippen LogP contribution in [-0.4, -0.2) is 15.6 Å². The minimum Gasteiger partial charge on any atom is -0.294 e. The van der Waals surface area contributed by atoms with E-state index in [1.54, 1.807) is 0 Å². The highest BCUT2D eigenvalue weighted by molar-refractivity contribution is 9.10. The predicted molar refractivity (Wildman–Crippen MR) is 87.3 cm³/mol. The van der Waals surface area contributed by atoms with Gasteiger partial charge >= 0.3 is 0 Å². The molecule has 0 bridgehead atoms. The summed E-state index contributed by atoms with van der Waals surface area (Å²) in [5.74, 6) is 0.0934. The van der Waals surface area contributed by atoms with Crippen LogP contribution in [0.3, 0.4) is 0 Å². The summed E-state index contributed by atoms with van der Waals surface area (Å²) in [5, 5.41) is 4.42. The number of hydrogen-bond donors (Lipinski definition) is 0. The van der Waals surface area contributed by atoms with E-state index in [9.17, 15) is 4.79 Å². The highest BCUT2D eigenvalue weighted by Gasteiger charge is 2.18. The van der Waals surface area contributed by atoms with Gasteiger partial charge in [0, 0.05) is 16.6 Å². The van der Waals surface area contributed by atoms with E-state index >= 15 is 0 Å². The molecule has 1 heterocycles. The lowest BCUT2D eigenvalue weighted by atomic mass is 10.0. The average Bonchev–Trinajstić information content (AvgIpc) is 2.69. The van der Waals surface area contributed by atoms with Gasteiger partial charge in [0.2, 0.25) is 0 Å². The molecule has 0 atom stereocenters. The first kappa shape index (κ1) is 15.4. The summed E-state index contributed by atoms with van der Waals surface area (Å²) in [5.41, 5.74) is 3.65. The van der Waals surface area contributed by atoms with E-state index in [-0.39, 0.29) is 5.78 Å². The Hall–Kier alpha value is -0.940. The number of benzene rings is 1. The molecule has 0 aliphatic heterocycles. The second-order valence-corrected chi connectivity index (χ2v) is 6.39. The average molecular weight is 400 g/mol. The zero-order valence-corrected chi connectivity index (χ0v) is 14.9. The fourth-order valence-corrected chi connectivity index (χ4v) is 3.03. The Morgan fingerprint density at radius 3 is 2.65 bits per heavy atom. The maximum atomic E-state index is 12.5. The Morgan fingerprint density at radius 1 is 1.30 bits per heavy atom. The lowest BCUT2D eigenvalue weighted by Crippen LogP contribution is -2.11. The lowest BCUT2D eigenvalue weighted by Gasteiger charge is -2.07. The van der Waals surface area contributed by atoms with Crippen LogP contribution in [0.5, 0.6) is 0 Å².